The first-order valence-electron chi connectivity index (χ1n) is 16.9. The largest absolute Gasteiger partial charge is 0.493 e. The number of hydrogen-bond acceptors (Lipinski definition) is 9. The Morgan fingerprint density at radius 2 is 1.90 bits per heavy atom. The van der Waals surface area contributed by atoms with Crippen molar-refractivity contribution in [2.75, 3.05) is 19.0 Å². The highest BCUT2D eigenvalue weighted by Crippen LogP contribution is 2.51. The lowest BCUT2D eigenvalue weighted by atomic mass is 9.93. The number of carbonyl (C=O) groups is 1. The summed E-state index contributed by atoms with van der Waals surface area (Å²) in [5.74, 6) is 0.224. The van der Waals surface area contributed by atoms with Crippen LogP contribution in [0.5, 0.6) is 5.75 Å². The van der Waals surface area contributed by atoms with Gasteiger partial charge >= 0.3 is 0 Å². The van der Waals surface area contributed by atoms with E-state index in [0.717, 1.165) is 39.1 Å². The Morgan fingerprint density at radius 3 is 2.69 bits per heavy atom. The fourth-order valence-corrected chi connectivity index (χ4v) is 9.04. The second-order valence-corrected chi connectivity index (χ2v) is 14.2. The Labute approximate surface area is 294 Å². The highest BCUT2D eigenvalue weighted by atomic mass is 32.1. The fraction of sp³-hybridized carbons (Fsp3) is 0.289. The van der Waals surface area contributed by atoms with Crippen molar-refractivity contribution >= 4 is 33.1 Å². The SMILES string of the molecule is COc1c(F)ccc2c1C[C@@H](F)[C@@H]2Nc1nccc2cc(-c3c4c(nc(CCc5ccc(F)cc5)c3-c3nnc(C)o3)[C@@H]3CCCN3C4=O)sc12. The number of carbonyl (C=O) groups excluding carboxylic acids is 1. The van der Waals surface area contributed by atoms with E-state index >= 15 is 4.39 Å². The van der Waals surface area contributed by atoms with Gasteiger partial charge in [0.05, 0.1) is 46.4 Å². The molecule has 3 atom stereocenters. The zero-order chi connectivity index (χ0) is 35.0. The smallest absolute Gasteiger partial charge is 0.257 e. The Hall–Kier alpha value is -5.30. The molecular weight excluding hydrogens is 678 g/mol. The van der Waals surface area contributed by atoms with Gasteiger partial charge in [-0.15, -0.1) is 21.5 Å². The number of nitrogens with zero attached hydrogens (tertiary/aromatic N) is 5. The number of thiophene rings is 1. The average molecular weight is 709 g/mol. The highest BCUT2D eigenvalue weighted by Gasteiger charge is 2.45. The van der Waals surface area contributed by atoms with Gasteiger partial charge in [-0.1, -0.05) is 18.2 Å². The van der Waals surface area contributed by atoms with Crippen LogP contribution in [0.4, 0.5) is 19.0 Å². The van der Waals surface area contributed by atoms with Gasteiger partial charge in [0, 0.05) is 42.1 Å². The van der Waals surface area contributed by atoms with Gasteiger partial charge in [0.25, 0.3) is 5.91 Å². The molecule has 1 N–H and O–H groups in total. The van der Waals surface area contributed by atoms with Crippen molar-refractivity contribution in [2.45, 2.75) is 57.3 Å². The summed E-state index contributed by atoms with van der Waals surface area (Å²) in [6.45, 7) is 2.36. The number of pyridine rings is 2. The molecule has 2 aliphatic heterocycles. The van der Waals surface area contributed by atoms with Crippen molar-refractivity contribution < 1.29 is 27.1 Å². The van der Waals surface area contributed by atoms with E-state index in [0.29, 0.717) is 64.6 Å². The van der Waals surface area contributed by atoms with Gasteiger partial charge in [-0.05, 0) is 72.5 Å². The van der Waals surface area contributed by atoms with E-state index in [4.69, 9.17) is 14.1 Å². The Kier molecular flexibility index (Phi) is 7.57. The lowest BCUT2D eigenvalue weighted by molar-refractivity contribution is 0.0776. The van der Waals surface area contributed by atoms with Crippen molar-refractivity contribution in [1.29, 1.82) is 0 Å². The van der Waals surface area contributed by atoms with E-state index in [2.05, 4.69) is 20.5 Å². The van der Waals surface area contributed by atoms with Gasteiger partial charge in [0.1, 0.15) is 17.8 Å². The van der Waals surface area contributed by atoms with Crippen LogP contribution in [0.3, 0.4) is 0 Å². The third kappa shape index (κ3) is 5.16. The number of alkyl halides is 1. The highest BCUT2D eigenvalue weighted by molar-refractivity contribution is 7.23. The van der Waals surface area contributed by atoms with Crippen LogP contribution in [-0.2, 0) is 19.3 Å². The summed E-state index contributed by atoms with van der Waals surface area (Å²) < 4.78 is 56.0. The number of aryl methyl sites for hydroxylation is 3. The zero-order valence-corrected chi connectivity index (χ0v) is 28.5. The van der Waals surface area contributed by atoms with Crippen LogP contribution in [0.25, 0.3) is 32.0 Å². The first-order valence-corrected chi connectivity index (χ1v) is 17.7. The summed E-state index contributed by atoms with van der Waals surface area (Å²) in [6.07, 6.45) is 3.09. The van der Waals surface area contributed by atoms with Crippen molar-refractivity contribution in [1.82, 2.24) is 25.1 Å². The minimum atomic E-state index is -1.34. The van der Waals surface area contributed by atoms with Crippen LogP contribution in [0, 0.1) is 18.6 Å². The van der Waals surface area contributed by atoms with E-state index in [1.807, 2.05) is 17.0 Å². The molecule has 2 aromatic carbocycles. The molecule has 9 rings (SSSR count). The van der Waals surface area contributed by atoms with E-state index in [1.54, 1.807) is 31.3 Å². The Balaban J connectivity index is 1.20. The van der Waals surface area contributed by atoms with Crippen molar-refractivity contribution in [3.05, 3.63) is 106 Å². The number of nitrogens with one attached hydrogen (secondary N) is 1. The maximum atomic E-state index is 15.6. The molecule has 0 bridgehead atoms. The molecule has 0 radical (unpaired) electrons. The molecule has 51 heavy (non-hydrogen) atoms. The number of methoxy groups -OCH3 is 1. The summed E-state index contributed by atoms with van der Waals surface area (Å²) >= 11 is 1.43. The molecule has 0 unspecified atom stereocenters. The number of hydrogen-bond donors (Lipinski definition) is 1. The van der Waals surface area contributed by atoms with Gasteiger partial charge in [-0.3, -0.25) is 9.78 Å². The van der Waals surface area contributed by atoms with Crippen molar-refractivity contribution in [3.8, 4) is 27.6 Å². The standard InChI is InChI=1S/C38H31F3N6O3S/c1-18-45-46-37(50-18)29-26(12-7-19-5-8-21(39)9-6-19)43-33-27-4-3-15-47(27)38(48)31(33)30(29)28-16-20-13-14-42-36(35(20)51-28)44-32-22-10-11-24(40)34(49-2)23(22)17-25(32)41/h5-6,8-11,13-14,16,25,27,32H,3-4,7,12,15,17H2,1-2H3,(H,42,44)/t25-,27+,32-/m1/s1. The third-order valence-electron chi connectivity index (χ3n) is 10.2. The lowest BCUT2D eigenvalue weighted by Crippen LogP contribution is -2.22. The molecule has 1 amide bonds. The predicted molar refractivity (Wildman–Crippen MR) is 186 cm³/mol. The molecule has 4 aromatic heterocycles. The molecule has 0 saturated carbocycles. The molecule has 258 valence electrons. The summed E-state index contributed by atoms with van der Waals surface area (Å²) in [6, 6.07) is 12.3. The number of halogens is 3. The van der Waals surface area contributed by atoms with Gasteiger partial charge in [0.2, 0.25) is 11.8 Å². The first-order chi connectivity index (χ1) is 24.8. The monoisotopic (exact) mass is 708 g/mol. The van der Waals surface area contributed by atoms with E-state index in [-0.39, 0.29) is 35.8 Å². The first kappa shape index (κ1) is 31.7. The fourth-order valence-electron chi connectivity index (χ4n) is 7.87. The molecule has 9 nitrogen and oxygen atoms in total. The van der Waals surface area contributed by atoms with E-state index in [1.165, 1.54) is 36.6 Å². The summed E-state index contributed by atoms with van der Waals surface area (Å²) in [5.41, 5.74) is 5.27. The van der Waals surface area contributed by atoms with Gasteiger partial charge in [0.15, 0.2) is 11.6 Å². The number of rotatable bonds is 8. The number of fused-ring (bicyclic) bond motifs is 5. The Bertz CT molecular complexity index is 2360. The minimum absolute atomic E-state index is 0.0101. The second kappa shape index (κ2) is 12.2. The molecule has 6 aromatic rings. The minimum Gasteiger partial charge on any atom is -0.493 e. The van der Waals surface area contributed by atoms with Gasteiger partial charge < -0.3 is 19.4 Å². The van der Waals surface area contributed by atoms with E-state index in [9.17, 15) is 13.6 Å². The molecule has 1 fully saturated rings. The topological polar surface area (TPSA) is 106 Å². The van der Waals surface area contributed by atoms with Crippen LogP contribution >= 0.6 is 11.3 Å². The number of amides is 1. The van der Waals surface area contributed by atoms with Crippen LogP contribution in [0.1, 0.15) is 69.3 Å². The molecule has 13 heteroatoms. The van der Waals surface area contributed by atoms with Crippen LogP contribution < -0.4 is 10.1 Å². The quantitative estimate of drug-likeness (QED) is 0.169. The van der Waals surface area contributed by atoms with Gasteiger partial charge in [-0.2, -0.15) is 0 Å². The molecule has 6 heterocycles. The van der Waals surface area contributed by atoms with Crippen LogP contribution in [-0.4, -0.2) is 50.8 Å². The van der Waals surface area contributed by atoms with Crippen molar-refractivity contribution in [3.63, 3.8) is 0 Å². The predicted octanol–water partition coefficient (Wildman–Crippen LogP) is 8.13. The summed E-state index contributed by atoms with van der Waals surface area (Å²) in [4.78, 5) is 26.7. The number of benzene rings is 2. The number of anilines is 1. The number of ether oxygens (including phenoxy) is 1. The van der Waals surface area contributed by atoms with Crippen LogP contribution in [0.2, 0.25) is 0 Å². The lowest BCUT2D eigenvalue weighted by Gasteiger charge is -2.18. The normalized spacial score (nSPS) is 19.1. The average Bonchev–Trinajstić information content (AvgIpc) is 3.96. The maximum Gasteiger partial charge on any atom is 0.257 e. The summed E-state index contributed by atoms with van der Waals surface area (Å²) in [5, 5.41) is 12.7. The number of aromatic nitrogens is 4. The summed E-state index contributed by atoms with van der Waals surface area (Å²) in [7, 11) is 1.38. The molecule has 1 saturated heterocycles. The maximum absolute atomic E-state index is 15.6. The molecular formula is C38H31F3N6O3S. The zero-order valence-electron chi connectivity index (χ0n) is 27.7. The second-order valence-electron chi connectivity index (χ2n) is 13.2. The molecule has 0 spiro atoms. The molecule has 3 aliphatic rings. The van der Waals surface area contributed by atoms with Crippen molar-refractivity contribution in [2.24, 2.45) is 0 Å². The van der Waals surface area contributed by atoms with Crippen LogP contribution in [0.15, 0.2) is 59.1 Å². The van der Waals surface area contributed by atoms with Gasteiger partial charge in [-0.25, -0.2) is 18.2 Å². The molecule has 1 aliphatic carbocycles. The Morgan fingerprint density at radius 1 is 1.06 bits per heavy atom. The third-order valence-corrected chi connectivity index (χ3v) is 11.3. The van der Waals surface area contributed by atoms with E-state index < -0.39 is 18.0 Å².